The van der Waals surface area contributed by atoms with Crippen LogP contribution >= 0.6 is 0 Å². The zero-order valence-corrected chi connectivity index (χ0v) is 93.8. The third-order valence-electron chi connectivity index (χ3n) is 20.6. The number of urea groups is 1. The molecule has 7 aromatic carbocycles. The van der Waals surface area contributed by atoms with Gasteiger partial charge in [-0.05, 0) is 326 Å². The molecular weight excluding hydrogens is 1920 g/mol. The number of ether oxygens (including phenoxy) is 2. The molecule has 0 fully saturated rings. The first-order valence-corrected chi connectivity index (χ1v) is 51.8. The molecule has 796 valence electrons. The van der Waals surface area contributed by atoms with Crippen LogP contribution in [0, 0.1) is 69.2 Å². The number of amides is 3. The van der Waals surface area contributed by atoms with Crippen LogP contribution in [0.4, 0.5) is 121 Å². The summed E-state index contributed by atoms with van der Waals surface area (Å²) in [5.74, 6) is 7.59. The van der Waals surface area contributed by atoms with Gasteiger partial charge in [-0.25, -0.2) is 60.6 Å². The molecule has 0 aliphatic heterocycles. The normalized spacial score (nSPS) is 11.4. The predicted molar refractivity (Wildman–Crippen MR) is 607 cm³/mol. The number of rotatable bonds is 28. The quantitative estimate of drug-likeness (QED) is 0.0203. The summed E-state index contributed by atoms with van der Waals surface area (Å²) in [4.78, 5) is 89.4. The standard InChI is InChI=1S/C23H28N6O.C19H26N4O2.C17H25N5O2S.C17H23N5O.C17H24N4O2S.C17H24N4O/c1-15-8-6-9-17(12-15)26-22(30)27-19-11-7-10-18(13-19)25-20-16(2)14-24-21(28-20)29-23(3,4)5;1-7-25-17(24)14-9-8-10-15(13(14)3)21-16-12(2)11-20-18(22-16)23-19(4,5)6;1-12-11-18-16(21-17(2,3)4)20-15(12)19-13-8-7-9-14(10-13)25(23,24)22(5)6;1-10-9-19-16(22-17(3,4)5)21-15(10)20-13-8-6-7-12(11(13)2)14(18)23;1-6-24(22,23)14-9-7-8-13(10-14)19-15-12(2)11-18-16(20-15)21-17(3,4)5;1-11-7-13(9-14(8-11)22-6)19-15-12(2)10-18-16(20-15)21-17(3,4)5/h6-14H,1-5H3,(H2,26,27,30)(H2,24,25,28,29);8-11H,7H2,1-6H3,(H2,20,21,22,23);7-11H,1-6H3,(H2,18,19,20,21);6-9H,1-5H3,(H2,18,23)(H2,19,20,21,22);7-11H,6H2,1-5H3,(H2,18,19,20,21);7-10H,1-6H3,(H2,18,19,20,21). The number of carbonyl (C=O) groups excluding carboxylic acids is 3. The molecule has 6 heterocycles. The Labute approximate surface area is 879 Å². The number of nitrogens with one attached hydrogen (secondary N) is 14. The van der Waals surface area contributed by atoms with Crippen molar-refractivity contribution in [3.05, 3.63) is 256 Å². The summed E-state index contributed by atoms with van der Waals surface area (Å²) in [5, 5.41) is 44.8. The second-order valence-corrected chi connectivity index (χ2v) is 46.3. The van der Waals surface area contributed by atoms with Crippen LogP contribution in [0.25, 0.3) is 0 Å². The zero-order valence-electron chi connectivity index (χ0n) is 92.2. The number of primary amides is 1. The lowest BCUT2D eigenvalue weighted by Gasteiger charge is -2.21. The third-order valence-corrected chi connectivity index (χ3v) is 24.1. The summed E-state index contributed by atoms with van der Waals surface area (Å²) >= 11 is 0. The molecule has 0 spiro atoms. The van der Waals surface area contributed by atoms with Crippen LogP contribution in [-0.2, 0) is 24.6 Å². The molecule has 13 rings (SSSR count). The van der Waals surface area contributed by atoms with Crippen LogP contribution in [0.5, 0.6) is 5.75 Å². The Morgan fingerprint density at radius 3 is 0.973 bits per heavy atom. The average Bonchev–Trinajstić information content (AvgIpc) is 0.808. The van der Waals surface area contributed by atoms with Crippen molar-refractivity contribution in [1.82, 2.24) is 64.1 Å². The van der Waals surface area contributed by atoms with Crippen molar-refractivity contribution in [2.24, 2.45) is 5.73 Å². The number of sulfone groups is 1. The molecule has 0 aliphatic rings. The number of nitrogens with zero attached hydrogens (tertiary/aromatic N) is 13. The minimum Gasteiger partial charge on any atom is -0.497 e. The van der Waals surface area contributed by atoms with E-state index in [0.717, 1.165) is 95.6 Å². The monoisotopic (exact) mass is 2070 g/mol. The maximum absolute atomic E-state index is 12.3. The molecule has 16 N–H and O–H groups in total. The molecular formula is C110H150N28O9S2. The van der Waals surface area contributed by atoms with Gasteiger partial charge in [0.05, 0.1) is 34.8 Å². The number of benzene rings is 7. The highest BCUT2D eigenvalue weighted by atomic mass is 32.2. The number of methoxy groups -OCH3 is 1. The van der Waals surface area contributed by atoms with Crippen LogP contribution < -0.4 is 84.9 Å². The van der Waals surface area contributed by atoms with E-state index in [2.05, 4.69) is 203 Å². The van der Waals surface area contributed by atoms with Gasteiger partial charge in [0.2, 0.25) is 51.6 Å². The first kappa shape index (κ1) is 119. The molecule has 37 nitrogen and oxygen atoms in total. The number of hydrogen-bond donors (Lipinski definition) is 15. The number of aromatic nitrogens is 12. The first-order chi connectivity index (χ1) is 69.4. The van der Waals surface area contributed by atoms with E-state index in [1.807, 2.05) is 223 Å². The lowest BCUT2D eigenvalue weighted by atomic mass is 10.1. The molecule has 0 atom stereocenters. The highest BCUT2D eigenvalue weighted by Crippen LogP contribution is 2.34. The molecule has 0 radical (unpaired) electrons. The second-order valence-electron chi connectivity index (χ2n) is 41.9. The van der Waals surface area contributed by atoms with Crippen LogP contribution in [0.1, 0.15) is 215 Å². The fraction of sp³-hybridized carbons (Fsp3) is 0.373. The van der Waals surface area contributed by atoms with Gasteiger partial charge < -0.3 is 89.6 Å². The maximum atomic E-state index is 12.3. The number of esters is 1. The molecule has 13 aromatic rings. The smallest absolute Gasteiger partial charge is 0.338 e. The third kappa shape index (κ3) is 39.7. The van der Waals surface area contributed by atoms with E-state index in [0.29, 0.717) is 104 Å². The molecule has 0 unspecified atom stereocenters. The van der Waals surface area contributed by atoms with Crippen LogP contribution in [0.3, 0.4) is 0 Å². The number of sulfonamides is 1. The molecule has 0 saturated heterocycles. The SMILES string of the molecule is CCOC(=O)c1cccc(Nc2nc(NC(C)(C)C)ncc2C)c1C.CCS(=O)(=O)c1cccc(Nc2nc(NC(C)(C)C)ncc2C)c1.COc1cc(C)cc(Nc2nc(NC(C)(C)C)ncc2C)c1.Cc1cccc(NC(=O)Nc2cccc(Nc3nc(NC(C)(C)C)ncc3C)c2)c1.Cc1cnc(NC(C)(C)C)nc1Nc1cccc(C(N)=O)c1C.Cc1cnc(NC(C)(C)C)nc1Nc1cccc(S(=O)(=O)N(C)C)c1. The highest BCUT2D eigenvalue weighted by Gasteiger charge is 2.25. The van der Waals surface area contributed by atoms with Gasteiger partial charge in [0, 0.05) is 175 Å². The summed E-state index contributed by atoms with van der Waals surface area (Å²) < 4.78 is 60.2. The molecule has 0 bridgehead atoms. The summed E-state index contributed by atoms with van der Waals surface area (Å²) in [6, 6.07) is 45.1. The van der Waals surface area contributed by atoms with E-state index in [9.17, 15) is 31.2 Å². The van der Waals surface area contributed by atoms with E-state index >= 15 is 0 Å². The zero-order chi connectivity index (χ0) is 111. The van der Waals surface area contributed by atoms with Gasteiger partial charge in [-0.2, -0.15) is 29.9 Å². The summed E-state index contributed by atoms with van der Waals surface area (Å²) in [6.45, 7) is 60.0. The fourth-order valence-electron chi connectivity index (χ4n) is 13.3. The Hall–Kier alpha value is -15.5. The van der Waals surface area contributed by atoms with Crippen molar-refractivity contribution in [1.29, 1.82) is 0 Å². The van der Waals surface area contributed by atoms with E-state index in [1.165, 1.54) is 18.4 Å². The molecule has 6 aromatic heterocycles. The van der Waals surface area contributed by atoms with Gasteiger partial charge in [-0.1, -0.05) is 49.4 Å². The minimum atomic E-state index is -3.49. The second kappa shape index (κ2) is 51.7. The minimum absolute atomic E-state index is 0.0721. The molecule has 0 aliphatic carbocycles. The molecule has 0 saturated carbocycles. The lowest BCUT2D eigenvalue weighted by molar-refractivity contribution is 0.0525. The summed E-state index contributed by atoms with van der Waals surface area (Å²) in [7, 11) is -2.04. The number of hydrogen-bond acceptors (Lipinski definition) is 33. The Balaban J connectivity index is 0.000000218. The van der Waals surface area contributed by atoms with Crippen molar-refractivity contribution in [3.8, 4) is 5.75 Å². The maximum Gasteiger partial charge on any atom is 0.338 e. The van der Waals surface area contributed by atoms with Crippen molar-refractivity contribution in [2.75, 3.05) is 108 Å². The Morgan fingerprint density at radius 2 is 0.638 bits per heavy atom. The van der Waals surface area contributed by atoms with Crippen molar-refractivity contribution in [3.63, 3.8) is 0 Å². The first-order valence-electron chi connectivity index (χ1n) is 48.7. The number of anilines is 20. The van der Waals surface area contributed by atoms with Gasteiger partial charge >= 0.3 is 12.0 Å². The van der Waals surface area contributed by atoms with Crippen LogP contribution in [0.2, 0.25) is 0 Å². The topological polar surface area (TPSA) is 490 Å². The number of aryl methyl sites for hydroxylation is 8. The molecule has 149 heavy (non-hydrogen) atoms. The fourth-order valence-corrected chi connectivity index (χ4v) is 15.2. The van der Waals surface area contributed by atoms with E-state index in [1.54, 1.807) is 113 Å². The number of carbonyl (C=O) groups is 3. The van der Waals surface area contributed by atoms with E-state index in [4.69, 9.17) is 15.2 Å². The van der Waals surface area contributed by atoms with Crippen LogP contribution in [0.15, 0.2) is 199 Å². The largest absolute Gasteiger partial charge is 0.497 e. The van der Waals surface area contributed by atoms with Gasteiger partial charge in [-0.3, -0.25) is 4.79 Å². The Morgan fingerprint density at radius 1 is 0.342 bits per heavy atom. The van der Waals surface area contributed by atoms with Gasteiger partial charge in [0.15, 0.2) is 9.84 Å². The van der Waals surface area contributed by atoms with Crippen molar-refractivity contribution in [2.45, 2.75) is 251 Å². The summed E-state index contributed by atoms with van der Waals surface area (Å²) in [6.07, 6.45) is 10.6. The Kier molecular flexibility index (Phi) is 41.2. The highest BCUT2D eigenvalue weighted by molar-refractivity contribution is 7.91. The van der Waals surface area contributed by atoms with Crippen molar-refractivity contribution >= 4 is 154 Å². The van der Waals surface area contributed by atoms with Crippen LogP contribution in [-0.4, -0.2) is 166 Å². The van der Waals surface area contributed by atoms with Gasteiger partial charge in [0.1, 0.15) is 40.7 Å². The van der Waals surface area contributed by atoms with Gasteiger partial charge in [0.25, 0.3) is 0 Å². The molecule has 3 amide bonds. The lowest BCUT2D eigenvalue weighted by Crippen LogP contribution is -2.27. The van der Waals surface area contributed by atoms with Gasteiger partial charge in [-0.15, -0.1) is 0 Å². The Bertz CT molecular complexity index is 7030. The average molecular weight is 2070 g/mol. The molecule has 39 heteroatoms. The van der Waals surface area contributed by atoms with E-state index in [-0.39, 0.29) is 55.9 Å². The predicted octanol–water partition coefficient (Wildman–Crippen LogP) is 23.6. The summed E-state index contributed by atoms with van der Waals surface area (Å²) in [5.41, 5.74) is 21.0. The number of nitrogens with two attached hydrogens (primary N) is 1. The van der Waals surface area contributed by atoms with Crippen molar-refractivity contribution < 1.29 is 40.7 Å². The van der Waals surface area contributed by atoms with E-state index < -0.39 is 25.8 Å².